The molecule has 126 valence electrons. The second kappa shape index (κ2) is 8.31. The molecule has 0 amide bonds. The summed E-state index contributed by atoms with van der Waals surface area (Å²) < 4.78 is 5.39. The summed E-state index contributed by atoms with van der Waals surface area (Å²) in [6.07, 6.45) is 2.21. The maximum atomic E-state index is 5.39. The minimum atomic E-state index is 0.871. The van der Waals surface area contributed by atoms with Crippen LogP contribution in [0.25, 0.3) is 0 Å². The topological polar surface area (TPSA) is 40.1 Å². The monoisotopic (exact) mass is 316 g/mol. The molecule has 0 saturated carbocycles. The van der Waals surface area contributed by atoms with Gasteiger partial charge in [0, 0.05) is 45.0 Å². The molecule has 1 saturated heterocycles. The fraction of sp³-hybridized carbons (Fsp3) is 0.611. The largest absolute Gasteiger partial charge is 0.379 e. The fourth-order valence-corrected chi connectivity index (χ4v) is 3.26. The van der Waals surface area contributed by atoms with Crippen LogP contribution in [0.15, 0.2) is 29.3 Å². The average Bonchev–Trinajstić information content (AvgIpc) is 3.03. The quantitative estimate of drug-likeness (QED) is 0.510. The van der Waals surface area contributed by atoms with Crippen molar-refractivity contribution in [2.24, 2.45) is 4.99 Å². The van der Waals surface area contributed by atoms with Gasteiger partial charge in [-0.3, -0.25) is 9.89 Å². The second-order valence-electron chi connectivity index (χ2n) is 6.07. The highest BCUT2D eigenvalue weighted by Gasteiger charge is 2.22. The van der Waals surface area contributed by atoms with Crippen molar-refractivity contribution in [2.45, 2.75) is 19.8 Å². The summed E-state index contributed by atoms with van der Waals surface area (Å²) in [5.41, 5.74) is 2.73. The first-order valence-electron chi connectivity index (χ1n) is 8.82. The number of morpholine rings is 1. The van der Waals surface area contributed by atoms with Crippen LogP contribution < -0.4 is 10.2 Å². The minimum absolute atomic E-state index is 0.871. The van der Waals surface area contributed by atoms with E-state index in [1.807, 2.05) is 0 Å². The van der Waals surface area contributed by atoms with Crippen LogP contribution in [0.1, 0.15) is 18.9 Å². The lowest BCUT2D eigenvalue weighted by molar-refractivity contribution is 0.0377. The van der Waals surface area contributed by atoms with E-state index in [1.54, 1.807) is 0 Å². The van der Waals surface area contributed by atoms with Gasteiger partial charge in [0.05, 0.1) is 13.2 Å². The molecule has 2 aliphatic rings. The lowest BCUT2D eigenvalue weighted by Gasteiger charge is -2.26. The van der Waals surface area contributed by atoms with Crippen LogP contribution in [0.3, 0.4) is 0 Å². The van der Waals surface area contributed by atoms with Crippen LogP contribution in [-0.4, -0.2) is 63.3 Å². The van der Waals surface area contributed by atoms with Gasteiger partial charge in [0.25, 0.3) is 0 Å². The number of guanidine groups is 1. The van der Waals surface area contributed by atoms with E-state index in [0.717, 1.165) is 71.3 Å². The lowest BCUT2D eigenvalue weighted by Crippen LogP contribution is -2.41. The SMILES string of the molecule is CCNC(=NCCCN1CCOCC1)N1CCc2ccccc21. The molecule has 0 bridgehead atoms. The standard InChI is InChI=1S/C18H28N4O/c1-2-19-18(20-9-5-10-21-12-14-23-15-13-21)22-11-8-16-6-3-4-7-17(16)22/h3-4,6-7H,2,5,8-15H2,1H3,(H,19,20). The molecule has 1 aromatic rings. The van der Waals surface area contributed by atoms with Gasteiger partial charge in [0.1, 0.15) is 0 Å². The number of hydrogen-bond acceptors (Lipinski definition) is 3. The Morgan fingerprint density at radius 1 is 1.22 bits per heavy atom. The first kappa shape index (κ1) is 16.3. The predicted molar refractivity (Wildman–Crippen MR) is 95.3 cm³/mol. The second-order valence-corrected chi connectivity index (χ2v) is 6.07. The number of para-hydroxylation sites is 1. The Morgan fingerprint density at radius 2 is 2.04 bits per heavy atom. The van der Waals surface area contributed by atoms with Crippen molar-refractivity contribution in [2.75, 3.05) is 57.4 Å². The van der Waals surface area contributed by atoms with E-state index in [2.05, 4.69) is 46.3 Å². The van der Waals surface area contributed by atoms with Gasteiger partial charge in [-0.25, -0.2) is 0 Å². The van der Waals surface area contributed by atoms with Gasteiger partial charge in [-0.1, -0.05) is 18.2 Å². The molecule has 0 spiro atoms. The molecule has 2 heterocycles. The van der Waals surface area contributed by atoms with Crippen molar-refractivity contribution in [1.29, 1.82) is 0 Å². The number of anilines is 1. The summed E-state index contributed by atoms with van der Waals surface area (Å²) in [5, 5.41) is 3.45. The highest BCUT2D eigenvalue weighted by molar-refractivity contribution is 5.97. The molecular formula is C18H28N4O. The first-order chi connectivity index (χ1) is 11.4. The van der Waals surface area contributed by atoms with Crippen molar-refractivity contribution in [1.82, 2.24) is 10.2 Å². The number of aliphatic imine (C=N–C) groups is 1. The summed E-state index contributed by atoms with van der Waals surface area (Å²) >= 11 is 0. The van der Waals surface area contributed by atoms with Gasteiger partial charge < -0.3 is 15.0 Å². The molecule has 23 heavy (non-hydrogen) atoms. The van der Waals surface area contributed by atoms with Gasteiger partial charge in [-0.05, 0) is 31.4 Å². The number of ether oxygens (including phenoxy) is 1. The molecule has 0 aliphatic carbocycles. The zero-order chi connectivity index (χ0) is 15.9. The molecular weight excluding hydrogens is 288 g/mol. The van der Waals surface area contributed by atoms with E-state index in [-0.39, 0.29) is 0 Å². The number of fused-ring (bicyclic) bond motifs is 1. The van der Waals surface area contributed by atoms with E-state index < -0.39 is 0 Å². The van der Waals surface area contributed by atoms with Crippen LogP contribution in [0.2, 0.25) is 0 Å². The molecule has 1 fully saturated rings. The van der Waals surface area contributed by atoms with Crippen LogP contribution in [0.5, 0.6) is 0 Å². The molecule has 1 N–H and O–H groups in total. The predicted octanol–water partition coefficient (Wildman–Crippen LogP) is 1.74. The minimum Gasteiger partial charge on any atom is -0.379 e. The average molecular weight is 316 g/mol. The Bertz CT molecular complexity index is 526. The molecule has 5 heteroatoms. The first-order valence-corrected chi connectivity index (χ1v) is 8.82. The molecule has 2 aliphatic heterocycles. The van der Waals surface area contributed by atoms with E-state index in [0.29, 0.717) is 0 Å². The lowest BCUT2D eigenvalue weighted by atomic mass is 10.2. The highest BCUT2D eigenvalue weighted by atomic mass is 16.5. The third-order valence-electron chi connectivity index (χ3n) is 4.48. The van der Waals surface area contributed by atoms with Crippen molar-refractivity contribution in [3.05, 3.63) is 29.8 Å². The zero-order valence-corrected chi connectivity index (χ0v) is 14.1. The van der Waals surface area contributed by atoms with E-state index in [9.17, 15) is 0 Å². The molecule has 1 aromatic carbocycles. The summed E-state index contributed by atoms with van der Waals surface area (Å²) in [7, 11) is 0. The van der Waals surface area contributed by atoms with Gasteiger partial charge in [-0.15, -0.1) is 0 Å². The number of benzene rings is 1. The van der Waals surface area contributed by atoms with E-state index in [1.165, 1.54) is 11.3 Å². The maximum absolute atomic E-state index is 5.39. The summed E-state index contributed by atoms with van der Waals surface area (Å²) in [6, 6.07) is 8.65. The van der Waals surface area contributed by atoms with Crippen molar-refractivity contribution in [3.63, 3.8) is 0 Å². The number of rotatable bonds is 5. The van der Waals surface area contributed by atoms with Gasteiger partial charge in [0.15, 0.2) is 5.96 Å². The van der Waals surface area contributed by atoms with Crippen molar-refractivity contribution in [3.8, 4) is 0 Å². The summed E-state index contributed by atoms with van der Waals surface area (Å²) in [5.74, 6) is 1.03. The Hall–Kier alpha value is -1.59. The normalized spacial score (nSPS) is 19.0. The van der Waals surface area contributed by atoms with Crippen LogP contribution in [-0.2, 0) is 11.2 Å². The number of nitrogens with one attached hydrogen (secondary N) is 1. The summed E-state index contributed by atoms with van der Waals surface area (Å²) in [4.78, 5) is 9.65. The van der Waals surface area contributed by atoms with Gasteiger partial charge in [-0.2, -0.15) is 0 Å². The molecule has 0 radical (unpaired) electrons. The smallest absolute Gasteiger partial charge is 0.198 e. The molecule has 0 aromatic heterocycles. The van der Waals surface area contributed by atoms with Gasteiger partial charge >= 0.3 is 0 Å². The third kappa shape index (κ3) is 4.24. The Labute approximate surface area is 139 Å². The molecule has 0 unspecified atom stereocenters. The summed E-state index contributed by atoms with van der Waals surface area (Å²) in [6.45, 7) is 9.90. The highest BCUT2D eigenvalue weighted by Crippen LogP contribution is 2.27. The number of nitrogens with zero attached hydrogens (tertiary/aromatic N) is 3. The van der Waals surface area contributed by atoms with Crippen LogP contribution >= 0.6 is 0 Å². The van der Waals surface area contributed by atoms with Crippen LogP contribution in [0.4, 0.5) is 5.69 Å². The van der Waals surface area contributed by atoms with Crippen molar-refractivity contribution < 1.29 is 4.74 Å². The fourth-order valence-electron chi connectivity index (χ4n) is 3.26. The van der Waals surface area contributed by atoms with E-state index >= 15 is 0 Å². The Kier molecular flexibility index (Phi) is 5.88. The molecule has 3 rings (SSSR count). The maximum Gasteiger partial charge on any atom is 0.198 e. The third-order valence-corrected chi connectivity index (χ3v) is 4.48. The Balaban J connectivity index is 1.56. The van der Waals surface area contributed by atoms with Crippen molar-refractivity contribution >= 4 is 11.6 Å². The zero-order valence-electron chi connectivity index (χ0n) is 14.1. The Morgan fingerprint density at radius 3 is 2.87 bits per heavy atom. The number of hydrogen-bond donors (Lipinski definition) is 1. The molecule has 0 atom stereocenters. The van der Waals surface area contributed by atoms with E-state index in [4.69, 9.17) is 9.73 Å². The molecule has 5 nitrogen and oxygen atoms in total. The van der Waals surface area contributed by atoms with Gasteiger partial charge in [0.2, 0.25) is 0 Å². The van der Waals surface area contributed by atoms with Crippen LogP contribution in [0, 0.1) is 0 Å².